The molecule has 3 heteroatoms. The summed E-state index contributed by atoms with van der Waals surface area (Å²) < 4.78 is 10.2. The first kappa shape index (κ1) is 11.0. The average Bonchev–Trinajstić information content (AvgIpc) is 3.09. The molecule has 0 aliphatic heterocycles. The van der Waals surface area contributed by atoms with Crippen LogP contribution in [0.1, 0.15) is 24.0 Å². The molecule has 0 bridgehead atoms. The van der Waals surface area contributed by atoms with Gasteiger partial charge in [0.25, 0.3) is 0 Å². The van der Waals surface area contributed by atoms with Gasteiger partial charge >= 0.3 is 5.97 Å². The molecule has 16 heavy (non-hydrogen) atoms. The topological polar surface area (TPSA) is 35.5 Å². The summed E-state index contributed by atoms with van der Waals surface area (Å²) in [5.74, 6) is 0.616. The van der Waals surface area contributed by atoms with Gasteiger partial charge in [0, 0.05) is 5.56 Å². The van der Waals surface area contributed by atoms with E-state index in [1.165, 1.54) is 7.11 Å². The van der Waals surface area contributed by atoms with Gasteiger partial charge in [-0.15, -0.1) is 0 Å². The van der Waals surface area contributed by atoms with Crippen molar-refractivity contribution in [1.29, 1.82) is 0 Å². The van der Waals surface area contributed by atoms with E-state index in [0.29, 0.717) is 0 Å². The molecule has 1 aromatic carbocycles. The molecule has 0 spiro atoms. The number of hydrogen-bond acceptors (Lipinski definition) is 3. The molecule has 0 saturated heterocycles. The van der Waals surface area contributed by atoms with E-state index < -0.39 is 5.41 Å². The zero-order valence-electron chi connectivity index (χ0n) is 9.87. The van der Waals surface area contributed by atoms with Crippen LogP contribution in [0.4, 0.5) is 0 Å². The largest absolute Gasteiger partial charge is 0.496 e. The molecule has 0 aromatic heterocycles. The van der Waals surface area contributed by atoms with Gasteiger partial charge in [0.2, 0.25) is 0 Å². The van der Waals surface area contributed by atoms with Gasteiger partial charge in [-0.05, 0) is 25.8 Å². The van der Waals surface area contributed by atoms with Crippen molar-refractivity contribution in [2.24, 2.45) is 0 Å². The lowest BCUT2D eigenvalue weighted by molar-refractivity contribution is -0.143. The normalized spacial score (nSPS) is 16.7. The molecule has 0 unspecified atom stereocenters. The molecule has 0 radical (unpaired) electrons. The molecule has 1 fully saturated rings. The number of benzene rings is 1. The van der Waals surface area contributed by atoms with Crippen LogP contribution in [0.2, 0.25) is 0 Å². The van der Waals surface area contributed by atoms with E-state index in [9.17, 15) is 4.79 Å². The first-order valence-electron chi connectivity index (χ1n) is 5.37. The Hall–Kier alpha value is -1.51. The molecule has 1 aromatic rings. The second-order valence-electron chi connectivity index (χ2n) is 4.28. The Balaban J connectivity index is 2.47. The molecule has 3 nitrogen and oxygen atoms in total. The minimum absolute atomic E-state index is 0.156. The van der Waals surface area contributed by atoms with Crippen LogP contribution in [-0.2, 0) is 14.9 Å². The van der Waals surface area contributed by atoms with E-state index in [-0.39, 0.29) is 5.97 Å². The molecule has 2 rings (SSSR count). The fraction of sp³-hybridized carbons (Fsp3) is 0.462. The van der Waals surface area contributed by atoms with E-state index in [2.05, 4.69) is 0 Å². The van der Waals surface area contributed by atoms with Gasteiger partial charge in [0.05, 0.1) is 19.6 Å². The zero-order valence-corrected chi connectivity index (χ0v) is 9.87. The Labute approximate surface area is 95.4 Å². The highest BCUT2D eigenvalue weighted by Gasteiger charge is 2.54. The number of esters is 1. The Bertz CT molecular complexity index is 419. The van der Waals surface area contributed by atoms with Crippen LogP contribution in [-0.4, -0.2) is 20.2 Å². The van der Waals surface area contributed by atoms with E-state index in [0.717, 1.165) is 29.7 Å². The first-order valence-corrected chi connectivity index (χ1v) is 5.37. The molecule has 0 N–H and O–H groups in total. The second kappa shape index (κ2) is 3.81. The number of rotatable bonds is 3. The smallest absolute Gasteiger partial charge is 0.316 e. The average molecular weight is 220 g/mol. The predicted molar refractivity (Wildman–Crippen MR) is 60.7 cm³/mol. The van der Waals surface area contributed by atoms with E-state index in [1.54, 1.807) is 7.11 Å². The van der Waals surface area contributed by atoms with Crippen LogP contribution >= 0.6 is 0 Å². The maximum absolute atomic E-state index is 11.8. The fourth-order valence-corrected chi connectivity index (χ4v) is 2.10. The molecular formula is C13H16O3. The van der Waals surface area contributed by atoms with Crippen LogP contribution < -0.4 is 4.74 Å². The molecule has 0 amide bonds. The van der Waals surface area contributed by atoms with Gasteiger partial charge in [-0.25, -0.2) is 0 Å². The highest BCUT2D eigenvalue weighted by Crippen LogP contribution is 2.52. The summed E-state index contributed by atoms with van der Waals surface area (Å²) in [7, 11) is 3.06. The minimum atomic E-state index is -0.452. The summed E-state index contributed by atoms with van der Waals surface area (Å²) in [4.78, 5) is 11.8. The lowest BCUT2D eigenvalue weighted by Gasteiger charge is -2.17. The van der Waals surface area contributed by atoms with Gasteiger partial charge in [-0.3, -0.25) is 4.79 Å². The van der Waals surface area contributed by atoms with Crippen LogP contribution in [0.5, 0.6) is 5.75 Å². The Kier molecular flexibility index (Phi) is 2.62. The molecule has 86 valence electrons. The zero-order chi connectivity index (χ0) is 11.8. The SMILES string of the molecule is COC(=O)C1(c2cc(C)ccc2OC)CC1. The standard InChI is InChI=1S/C13H16O3/c1-9-4-5-11(15-2)10(8-9)13(6-7-13)12(14)16-3/h4-5,8H,6-7H2,1-3H3. The maximum Gasteiger partial charge on any atom is 0.316 e. The molecular weight excluding hydrogens is 204 g/mol. The van der Waals surface area contributed by atoms with Crippen molar-refractivity contribution in [3.63, 3.8) is 0 Å². The summed E-state index contributed by atoms with van der Waals surface area (Å²) >= 11 is 0. The minimum Gasteiger partial charge on any atom is -0.496 e. The van der Waals surface area contributed by atoms with Crippen molar-refractivity contribution >= 4 is 5.97 Å². The molecule has 0 heterocycles. The molecule has 1 saturated carbocycles. The quantitative estimate of drug-likeness (QED) is 0.733. The third kappa shape index (κ3) is 1.56. The number of aryl methyl sites for hydroxylation is 1. The van der Waals surface area contributed by atoms with Gasteiger partial charge in [0.1, 0.15) is 5.75 Å². The Morgan fingerprint density at radius 1 is 1.31 bits per heavy atom. The fourth-order valence-electron chi connectivity index (χ4n) is 2.10. The van der Waals surface area contributed by atoms with Crippen LogP contribution in [0.3, 0.4) is 0 Å². The third-order valence-corrected chi connectivity index (χ3v) is 3.20. The van der Waals surface area contributed by atoms with Crippen molar-refractivity contribution in [3.05, 3.63) is 29.3 Å². The van der Waals surface area contributed by atoms with Crippen molar-refractivity contribution in [3.8, 4) is 5.75 Å². The van der Waals surface area contributed by atoms with Crippen molar-refractivity contribution in [1.82, 2.24) is 0 Å². The van der Waals surface area contributed by atoms with Crippen molar-refractivity contribution in [2.75, 3.05) is 14.2 Å². The first-order chi connectivity index (χ1) is 7.64. The van der Waals surface area contributed by atoms with Gasteiger partial charge < -0.3 is 9.47 Å². The third-order valence-electron chi connectivity index (χ3n) is 3.20. The van der Waals surface area contributed by atoms with Gasteiger partial charge in [-0.1, -0.05) is 17.7 Å². The summed E-state index contributed by atoms with van der Waals surface area (Å²) in [6.45, 7) is 2.01. The summed E-state index contributed by atoms with van der Waals surface area (Å²) in [6.07, 6.45) is 1.69. The van der Waals surface area contributed by atoms with Crippen molar-refractivity contribution in [2.45, 2.75) is 25.2 Å². The van der Waals surface area contributed by atoms with Crippen molar-refractivity contribution < 1.29 is 14.3 Å². The number of ether oxygens (including phenoxy) is 2. The number of hydrogen-bond donors (Lipinski definition) is 0. The highest BCUT2D eigenvalue weighted by molar-refractivity contribution is 5.87. The molecule has 0 atom stereocenters. The maximum atomic E-state index is 11.8. The number of methoxy groups -OCH3 is 2. The van der Waals surface area contributed by atoms with E-state index in [1.807, 2.05) is 25.1 Å². The van der Waals surface area contributed by atoms with E-state index in [4.69, 9.17) is 9.47 Å². The summed E-state index contributed by atoms with van der Waals surface area (Å²) in [5, 5.41) is 0. The summed E-state index contributed by atoms with van der Waals surface area (Å²) in [5.41, 5.74) is 1.64. The lowest BCUT2D eigenvalue weighted by Crippen LogP contribution is -2.22. The monoisotopic (exact) mass is 220 g/mol. The predicted octanol–water partition coefficient (Wildman–Crippen LogP) is 2.21. The molecule has 1 aliphatic rings. The second-order valence-corrected chi connectivity index (χ2v) is 4.28. The van der Waals surface area contributed by atoms with E-state index >= 15 is 0 Å². The molecule has 1 aliphatic carbocycles. The Morgan fingerprint density at radius 3 is 2.50 bits per heavy atom. The van der Waals surface area contributed by atoms with Crippen LogP contribution in [0.25, 0.3) is 0 Å². The number of carbonyl (C=O) groups excluding carboxylic acids is 1. The van der Waals surface area contributed by atoms with Crippen LogP contribution in [0.15, 0.2) is 18.2 Å². The van der Waals surface area contributed by atoms with Crippen LogP contribution in [0, 0.1) is 6.92 Å². The van der Waals surface area contributed by atoms with Gasteiger partial charge in [0.15, 0.2) is 0 Å². The lowest BCUT2D eigenvalue weighted by atomic mass is 9.93. The van der Waals surface area contributed by atoms with Gasteiger partial charge in [-0.2, -0.15) is 0 Å². The number of carbonyl (C=O) groups is 1. The Morgan fingerprint density at radius 2 is 2.00 bits per heavy atom. The highest BCUT2D eigenvalue weighted by atomic mass is 16.5. The summed E-state index contributed by atoms with van der Waals surface area (Å²) in [6, 6.07) is 5.91.